The molecule has 0 atom stereocenters. The third-order valence-corrected chi connectivity index (χ3v) is 2.29. The Labute approximate surface area is 63.5 Å². The number of hydrogen-bond donors (Lipinski definition) is 0. The fourth-order valence-corrected chi connectivity index (χ4v) is 1.62. The van der Waals surface area contributed by atoms with Crippen LogP contribution in [0.3, 0.4) is 0 Å². The smallest absolute Gasteiger partial charge is 0.0550 e. The summed E-state index contributed by atoms with van der Waals surface area (Å²) in [5, 5.41) is 1.25. The number of rotatable bonds is 0. The average molecular weight is 149 g/mol. The normalized spacial score (nSPS) is 10.5. The van der Waals surface area contributed by atoms with Gasteiger partial charge in [-0.15, -0.1) is 0 Å². The number of aryl methyl sites for hydroxylation is 1. The standard InChI is InChI=1S/C8H7NS/c1-6-2-3-8-7(4-6)5-9-10-8/h2-5H,1H3. The fraction of sp³-hybridized carbons (Fsp3) is 0.125. The highest BCUT2D eigenvalue weighted by Gasteiger charge is 1.93. The molecule has 0 amide bonds. The molecular formula is C8H7NS. The summed E-state index contributed by atoms with van der Waals surface area (Å²) in [5.41, 5.74) is 1.30. The largest absolute Gasteiger partial charge is 0.200 e. The molecule has 10 heavy (non-hydrogen) atoms. The molecule has 0 radical (unpaired) electrons. The van der Waals surface area contributed by atoms with E-state index < -0.39 is 0 Å². The van der Waals surface area contributed by atoms with Crippen LogP contribution >= 0.6 is 11.5 Å². The van der Waals surface area contributed by atoms with Crippen LogP contribution in [0.1, 0.15) is 5.56 Å². The molecule has 1 aromatic heterocycles. The van der Waals surface area contributed by atoms with Crippen LogP contribution < -0.4 is 0 Å². The third-order valence-electron chi connectivity index (χ3n) is 1.51. The maximum atomic E-state index is 4.08. The average Bonchev–Trinajstić information content (AvgIpc) is 2.33. The van der Waals surface area contributed by atoms with E-state index in [2.05, 4.69) is 29.5 Å². The van der Waals surface area contributed by atoms with Crippen molar-refractivity contribution in [1.82, 2.24) is 4.37 Å². The maximum Gasteiger partial charge on any atom is 0.0550 e. The van der Waals surface area contributed by atoms with Crippen LogP contribution in [-0.4, -0.2) is 4.37 Å². The lowest BCUT2D eigenvalue weighted by molar-refractivity contribution is 1.51. The van der Waals surface area contributed by atoms with Crippen LogP contribution in [0.15, 0.2) is 24.4 Å². The molecule has 2 heteroatoms. The van der Waals surface area contributed by atoms with E-state index in [1.54, 1.807) is 11.5 Å². The number of benzene rings is 1. The van der Waals surface area contributed by atoms with Crippen LogP contribution in [0.4, 0.5) is 0 Å². The summed E-state index contributed by atoms with van der Waals surface area (Å²) in [6.07, 6.45) is 1.91. The van der Waals surface area contributed by atoms with E-state index in [1.807, 2.05) is 6.20 Å². The lowest BCUT2D eigenvalue weighted by Gasteiger charge is -1.88. The molecule has 0 aliphatic carbocycles. The Balaban J connectivity index is 2.86. The first-order valence-electron chi connectivity index (χ1n) is 3.17. The first-order valence-corrected chi connectivity index (χ1v) is 3.95. The molecule has 0 N–H and O–H groups in total. The van der Waals surface area contributed by atoms with E-state index >= 15 is 0 Å². The Kier molecular flexibility index (Phi) is 1.21. The number of nitrogens with zero attached hydrogens (tertiary/aromatic N) is 1. The molecule has 50 valence electrons. The van der Waals surface area contributed by atoms with E-state index in [0.717, 1.165) is 0 Å². The van der Waals surface area contributed by atoms with Crippen LogP contribution in [0.5, 0.6) is 0 Å². The van der Waals surface area contributed by atoms with Crippen molar-refractivity contribution in [1.29, 1.82) is 0 Å². The molecule has 2 rings (SSSR count). The summed E-state index contributed by atoms with van der Waals surface area (Å²) < 4.78 is 5.35. The zero-order valence-corrected chi connectivity index (χ0v) is 6.48. The highest BCUT2D eigenvalue weighted by atomic mass is 32.1. The first kappa shape index (κ1) is 5.86. The molecule has 0 bridgehead atoms. The summed E-state index contributed by atoms with van der Waals surface area (Å²) in [4.78, 5) is 0. The summed E-state index contributed by atoms with van der Waals surface area (Å²) in [7, 11) is 0. The molecule has 0 aliphatic rings. The molecule has 0 saturated carbocycles. The topological polar surface area (TPSA) is 12.9 Å². The molecule has 0 fully saturated rings. The molecule has 0 saturated heterocycles. The minimum atomic E-state index is 1.25. The van der Waals surface area contributed by atoms with Crippen molar-refractivity contribution in [3.05, 3.63) is 30.0 Å². The molecule has 1 nitrogen and oxygen atoms in total. The number of hydrogen-bond acceptors (Lipinski definition) is 2. The van der Waals surface area contributed by atoms with Crippen LogP contribution in [0.25, 0.3) is 10.1 Å². The van der Waals surface area contributed by atoms with E-state index in [1.165, 1.54) is 15.6 Å². The molecule has 2 aromatic rings. The van der Waals surface area contributed by atoms with Crippen molar-refractivity contribution in [2.45, 2.75) is 6.92 Å². The Morgan fingerprint density at radius 3 is 3.20 bits per heavy atom. The Hall–Kier alpha value is -0.890. The second-order valence-corrected chi connectivity index (χ2v) is 3.20. The van der Waals surface area contributed by atoms with Gasteiger partial charge in [0.25, 0.3) is 0 Å². The highest BCUT2D eigenvalue weighted by molar-refractivity contribution is 7.13. The Morgan fingerprint density at radius 2 is 2.30 bits per heavy atom. The Bertz CT molecular complexity index is 351. The number of aromatic nitrogens is 1. The zero-order chi connectivity index (χ0) is 6.97. The van der Waals surface area contributed by atoms with Gasteiger partial charge >= 0.3 is 0 Å². The SMILES string of the molecule is Cc1ccc2sncc2c1. The fourth-order valence-electron chi connectivity index (χ4n) is 0.992. The molecule has 0 unspecified atom stereocenters. The van der Waals surface area contributed by atoms with Gasteiger partial charge in [0.2, 0.25) is 0 Å². The van der Waals surface area contributed by atoms with Crippen LogP contribution in [0.2, 0.25) is 0 Å². The predicted molar refractivity (Wildman–Crippen MR) is 44.4 cm³/mol. The van der Waals surface area contributed by atoms with Gasteiger partial charge in [-0.2, -0.15) is 4.37 Å². The molecule has 1 heterocycles. The molecule has 0 spiro atoms. The van der Waals surface area contributed by atoms with Crippen molar-refractivity contribution in [2.75, 3.05) is 0 Å². The minimum Gasteiger partial charge on any atom is -0.200 e. The van der Waals surface area contributed by atoms with Gasteiger partial charge in [-0.1, -0.05) is 11.6 Å². The molecule has 0 aliphatic heterocycles. The zero-order valence-electron chi connectivity index (χ0n) is 5.66. The quantitative estimate of drug-likeness (QED) is 0.561. The van der Waals surface area contributed by atoms with Crippen molar-refractivity contribution < 1.29 is 0 Å². The monoisotopic (exact) mass is 149 g/mol. The minimum absolute atomic E-state index is 1.25. The first-order chi connectivity index (χ1) is 4.86. The summed E-state index contributed by atoms with van der Waals surface area (Å²) in [6, 6.07) is 6.38. The second-order valence-electron chi connectivity index (χ2n) is 2.37. The van der Waals surface area contributed by atoms with Crippen molar-refractivity contribution in [2.24, 2.45) is 0 Å². The molecular weight excluding hydrogens is 142 g/mol. The van der Waals surface area contributed by atoms with Gasteiger partial charge in [0.1, 0.15) is 0 Å². The summed E-state index contributed by atoms with van der Waals surface area (Å²) in [5.74, 6) is 0. The predicted octanol–water partition coefficient (Wildman–Crippen LogP) is 2.60. The third kappa shape index (κ3) is 0.809. The van der Waals surface area contributed by atoms with Crippen molar-refractivity contribution in [3.63, 3.8) is 0 Å². The number of fused-ring (bicyclic) bond motifs is 1. The second kappa shape index (κ2) is 2.06. The summed E-state index contributed by atoms with van der Waals surface area (Å²) >= 11 is 1.55. The van der Waals surface area contributed by atoms with Gasteiger partial charge in [0.15, 0.2) is 0 Å². The van der Waals surface area contributed by atoms with Crippen molar-refractivity contribution in [3.8, 4) is 0 Å². The van der Waals surface area contributed by atoms with Gasteiger partial charge in [-0.3, -0.25) is 0 Å². The summed E-state index contributed by atoms with van der Waals surface area (Å²) in [6.45, 7) is 2.09. The Morgan fingerprint density at radius 1 is 1.40 bits per heavy atom. The van der Waals surface area contributed by atoms with Gasteiger partial charge in [-0.05, 0) is 30.6 Å². The van der Waals surface area contributed by atoms with E-state index in [-0.39, 0.29) is 0 Å². The lowest BCUT2D eigenvalue weighted by Crippen LogP contribution is -1.67. The van der Waals surface area contributed by atoms with E-state index in [9.17, 15) is 0 Å². The van der Waals surface area contributed by atoms with Gasteiger partial charge < -0.3 is 0 Å². The highest BCUT2D eigenvalue weighted by Crippen LogP contribution is 2.18. The van der Waals surface area contributed by atoms with E-state index in [4.69, 9.17) is 0 Å². The van der Waals surface area contributed by atoms with Crippen molar-refractivity contribution >= 4 is 21.6 Å². The lowest BCUT2D eigenvalue weighted by atomic mass is 10.2. The van der Waals surface area contributed by atoms with E-state index in [0.29, 0.717) is 0 Å². The van der Waals surface area contributed by atoms with Crippen LogP contribution in [-0.2, 0) is 0 Å². The maximum absolute atomic E-state index is 4.08. The van der Waals surface area contributed by atoms with Gasteiger partial charge in [0, 0.05) is 11.6 Å². The van der Waals surface area contributed by atoms with Gasteiger partial charge in [-0.25, -0.2) is 0 Å². The molecule has 1 aromatic carbocycles. The van der Waals surface area contributed by atoms with Crippen LogP contribution in [0, 0.1) is 6.92 Å². The van der Waals surface area contributed by atoms with Gasteiger partial charge in [0.05, 0.1) is 4.70 Å².